The minimum absolute atomic E-state index is 0.316. The molecule has 1 fully saturated rings. The first-order valence-electron chi connectivity index (χ1n) is 9.90. The first-order chi connectivity index (χ1) is 14.1. The molecule has 0 aromatic carbocycles. The number of nitrogens with one attached hydrogen (secondary N) is 1. The van der Waals surface area contributed by atoms with Crippen molar-refractivity contribution >= 4 is 46.2 Å². The molecule has 3 aromatic rings. The van der Waals surface area contributed by atoms with E-state index in [0.29, 0.717) is 16.5 Å². The van der Waals surface area contributed by atoms with E-state index >= 15 is 0 Å². The number of rotatable bonds is 4. The quantitative estimate of drug-likeness (QED) is 0.606. The minimum atomic E-state index is 0.316. The van der Waals surface area contributed by atoms with E-state index in [4.69, 9.17) is 22.3 Å². The molecule has 4 heterocycles. The van der Waals surface area contributed by atoms with E-state index < -0.39 is 0 Å². The van der Waals surface area contributed by atoms with E-state index in [-0.39, 0.29) is 0 Å². The summed E-state index contributed by atoms with van der Waals surface area (Å²) >= 11 is 7.66. The van der Waals surface area contributed by atoms with E-state index in [1.807, 2.05) is 38.2 Å². The smallest absolute Gasteiger partial charge is 0.247 e. The van der Waals surface area contributed by atoms with Gasteiger partial charge in [-0.2, -0.15) is 4.98 Å². The van der Waals surface area contributed by atoms with Crippen LogP contribution in [-0.2, 0) is 0 Å². The molecule has 1 aliphatic rings. The Morgan fingerprint density at radius 2 is 1.90 bits per heavy atom. The molecule has 0 unspecified atom stereocenters. The first kappa shape index (κ1) is 21.7. The summed E-state index contributed by atoms with van der Waals surface area (Å²) in [7, 11) is 0. The number of likely N-dealkylation sites (N-methyl/N-ethyl adjacent to an activating group) is 1. The van der Waals surface area contributed by atoms with Crippen molar-refractivity contribution in [1.82, 2.24) is 29.7 Å². The Hall–Kier alpha value is -2.00. The number of anilines is 1. The standard InChI is InChI=1S/C18H21ClN7S.C2H6/c1-2-26(9-7-21-8-10-26)14-11-23-18-12(24-14)3-4-15(25-18)27-13-5-6-22-17(20)16(13)19;1-2/h3-6,11,21H,2,7-10H2,1H3,(H2,20,22);1-2H3/q+1;. The van der Waals surface area contributed by atoms with Gasteiger partial charge in [0.2, 0.25) is 5.82 Å². The number of pyridine rings is 2. The van der Waals surface area contributed by atoms with Gasteiger partial charge in [-0.25, -0.2) is 15.0 Å². The fourth-order valence-corrected chi connectivity index (χ4v) is 4.37. The first-order valence-corrected chi connectivity index (χ1v) is 11.1. The van der Waals surface area contributed by atoms with Crippen molar-refractivity contribution in [3.8, 4) is 0 Å². The summed E-state index contributed by atoms with van der Waals surface area (Å²) in [4.78, 5) is 18.9. The summed E-state index contributed by atoms with van der Waals surface area (Å²) < 4.78 is 0.859. The van der Waals surface area contributed by atoms with Gasteiger partial charge < -0.3 is 11.1 Å². The van der Waals surface area contributed by atoms with Crippen molar-refractivity contribution in [2.24, 2.45) is 0 Å². The molecular formula is C20H27ClN7S+. The number of fused-ring (bicyclic) bond motifs is 1. The molecule has 0 amide bonds. The fourth-order valence-electron chi connectivity index (χ4n) is 3.33. The van der Waals surface area contributed by atoms with Crippen LogP contribution in [0.4, 0.5) is 11.6 Å². The summed E-state index contributed by atoms with van der Waals surface area (Å²) in [5, 5.41) is 4.65. The van der Waals surface area contributed by atoms with Gasteiger partial charge in [-0.3, -0.25) is 4.48 Å². The number of nitrogen functional groups attached to an aromatic ring is 1. The number of hydrogen-bond donors (Lipinski definition) is 2. The number of hydrogen-bond acceptors (Lipinski definition) is 7. The van der Waals surface area contributed by atoms with Gasteiger partial charge in [0, 0.05) is 24.2 Å². The second kappa shape index (κ2) is 9.67. The van der Waals surface area contributed by atoms with Crippen LogP contribution < -0.4 is 15.5 Å². The van der Waals surface area contributed by atoms with Crippen molar-refractivity contribution in [3.63, 3.8) is 0 Å². The average molecular weight is 433 g/mol. The Kier molecular flexibility index (Phi) is 7.23. The van der Waals surface area contributed by atoms with Gasteiger partial charge in [-0.05, 0) is 25.1 Å². The van der Waals surface area contributed by atoms with Crippen LogP contribution in [0.15, 0.2) is 40.5 Å². The highest BCUT2D eigenvalue weighted by Gasteiger charge is 2.32. The lowest BCUT2D eigenvalue weighted by atomic mass is 10.2. The minimum Gasteiger partial charge on any atom is -0.382 e. The lowest BCUT2D eigenvalue weighted by Crippen LogP contribution is -2.60. The summed E-state index contributed by atoms with van der Waals surface area (Å²) in [6.07, 6.45) is 3.51. The van der Waals surface area contributed by atoms with Gasteiger partial charge in [0.25, 0.3) is 0 Å². The molecule has 9 heteroatoms. The second-order valence-electron chi connectivity index (χ2n) is 6.49. The maximum Gasteiger partial charge on any atom is 0.247 e. The summed E-state index contributed by atoms with van der Waals surface area (Å²) in [5.74, 6) is 1.33. The Balaban J connectivity index is 0.00000117. The zero-order valence-electron chi connectivity index (χ0n) is 17.0. The number of halogens is 1. The van der Waals surface area contributed by atoms with Gasteiger partial charge in [0.1, 0.15) is 22.6 Å². The zero-order valence-corrected chi connectivity index (χ0v) is 18.6. The van der Waals surface area contributed by atoms with Crippen molar-refractivity contribution in [1.29, 1.82) is 0 Å². The molecule has 3 N–H and O–H groups in total. The maximum absolute atomic E-state index is 6.23. The SMILES string of the molecule is CC.CC[N+]1(c2cnc3nc(Sc4ccnc(N)c4Cl)ccc3n2)CCNCC1. The summed E-state index contributed by atoms with van der Waals surface area (Å²) in [6.45, 7) is 11.3. The monoisotopic (exact) mass is 432 g/mol. The molecule has 0 saturated carbocycles. The highest BCUT2D eigenvalue weighted by molar-refractivity contribution is 7.99. The average Bonchev–Trinajstić information content (AvgIpc) is 2.78. The van der Waals surface area contributed by atoms with Gasteiger partial charge in [-0.15, -0.1) is 0 Å². The predicted molar refractivity (Wildman–Crippen MR) is 121 cm³/mol. The number of piperazine rings is 1. The lowest BCUT2D eigenvalue weighted by molar-refractivity contribution is 0.245. The molecule has 0 radical (unpaired) electrons. The molecule has 0 aliphatic carbocycles. The third-order valence-electron chi connectivity index (χ3n) is 4.99. The Labute approximate surface area is 180 Å². The van der Waals surface area contributed by atoms with Gasteiger partial charge in [0.15, 0.2) is 5.65 Å². The molecule has 154 valence electrons. The molecule has 7 nitrogen and oxygen atoms in total. The Bertz CT molecular complexity index is 976. The van der Waals surface area contributed by atoms with Crippen LogP contribution in [0.3, 0.4) is 0 Å². The molecule has 0 bridgehead atoms. The summed E-state index contributed by atoms with van der Waals surface area (Å²) in [5.41, 5.74) is 7.21. The van der Waals surface area contributed by atoms with Crippen LogP contribution in [0.5, 0.6) is 0 Å². The van der Waals surface area contributed by atoms with Crippen molar-refractivity contribution in [3.05, 3.63) is 35.6 Å². The van der Waals surface area contributed by atoms with Crippen LogP contribution in [-0.4, -0.2) is 52.7 Å². The van der Waals surface area contributed by atoms with E-state index in [2.05, 4.69) is 27.2 Å². The number of quaternary nitrogens is 1. The number of nitrogens with two attached hydrogens (primary N) is 1. The van der Waals surface area contributed by atoms with Gasteiger partial charge >= 0.3 is 0 Å². The van der Waals surface area contributed by atoms with Crippen LogP contribution in [0.1, 0.15) is 20.8 Å². The molecule has 3 aromatic heterocycles. The Morgan fingerprint density at radius 3 is 2.62 bits per heavy atom. The van der Waals surface area contributed by atoms with Crippen LogP contribution in [0.25, 0.3) is 11.2 Å². The largest absolute Gasteiger partial charge is 0.382 e. The van der Waals surface area contributed by atoms with Crippen molar-refractivity contribution in [2.75, 3.05) is 38.5 Å². The van der Waals surface area contributed by atoms with Gasteiger partial charge in [0.05, 0.1) is 24.7 Å². The molecule has 1 aliphatic heterocycles. The van der Waals surface area contributed by atoms with E-state index in [9.17, 15) is 0 Å². The van der Waals surface area contributed by atoms with Crippen LogP contribution in [0.2, 0.25) is 5.02 Å². The van der Waals surface area contributed by atoms with Crippen molar-refractivity contribution < 1.29 is 0 Å². The third-order valence-corrected chi connectivity index (χ3v) is 6.49. The van der Waals surface area contributed by atoms with E-state index in [1.165, 1.54) is 11.8 Å². The molecule has 4 rings (SSSR count). The summed E-state index contributed by atoms with van der Waals surface area (Å²) in [6, 6.07) is 5.73. The van der Waals surface area contributed by atoms with Crippen LogP contribution >= 0.6 is 23.4 Å². The zero-order chi connectivity index (χ0) is 20.9. The molecule has 29 heavy (non-hydrogen) atoms. The number of nitrogens with zero attached hydrogens (tertiary/aromatic N) is 5. The molecule has 0 atom stereocenters. The second-order valence-corrected chi connectivity index (χ2v) is 7.93. The fraction of sp³-hybridized carbons (Fsp3) is 0.400. The highest BCUT2D eigenvalue weighted by atomic mass is 35.5. The van der Waals surface area contributed by atoms with Crippen molar-refractivity contribution in [2.45, 2.75) is 30.7 Å². The Morgan fingerprint density at radius 1 is 1.14 bits per heavy atom. The molecular weight excluding hydrogens is 406 g/mol. The lowest BCUT2D eigenvalue weighted by Gasteiger charge is -2.39. The molecule has 1 saturated heterocycles. The predicted octanol–water partition coefficient (Wildman–Crippen LogP) is 3.76. The number of aromatic nitrogens is 4. The topological polar surface area (TPSA) is 89.6 Å². The molecule has 0 spiro atoms. The third kappa shape index (κ3) is 4.61. The highest BCUT2D eigenvalue weighted by Crippen LogP contribution is 2.35. The van der Waals surface area contributed by atoms with E-state index in [0.717, 1.165) is 58.5 Å². The maximum atomic E-state index is 6.23. The van der Waals surface area contributed by atoms with E-state index in [1.54, 1.807) is 6.20 Å². The van der Waals surface area contributed by atoms with Crippen LogP contribution in [0, 0.1) is 0 Å². The normalized spacial score (nSPS) is 15.6. The van der Waals surface area contributed by atoms with Gasteiger partial charge in [-0.1, -0.05) is 37.2 Å².